The summed E-state index contributed by atoms with van der Waals surface area (Å²) in [5, 5.41) is 14.7. The molecule has 242 valence electrons. The first kappa shape index (κ1) is 32.8. The highest BCUT2D eigenvalue weighted by Crippen LogP contribution is 2.34. The fourth-order valence-corrected chi connectivity index (χ4v) is 6.33. The Hall–Kier alpha value is -4.56. The fourth-order valence-electron chi connectivity index (χ4n) is 5.25. The Labute approximate surface area is 267 Å². The zero-order valence-electron chi connectivity index (χ0n) is 25.4. The Morgan fingerprint density at radius 2 is 1.87 bits per heavy atom. The van der Waals surface area contributed by atoms with Crippen molar-refractivity contribution in [2.24, 2.45) is 0 Å². The van der Waals surface area contributed by atoms with Gasteiger partial charge in [0.2, 0.25) is 0 Å². The topological polar surface area (TPSA) is 130 Å². The van der Waals surface area contributed by atoms with Crippen LogP contribution in [0.4, 0.5) is 29.7 Å². The van der Waals surface area contributed by atoms with E-state index in [-0.39, 0.29) is 17.5 Å². The van der Waals surface area contributed by atoms with Gasteiger partial charge in [0.15, 0.2) is 5.13 Å². The molecule has 6 rings (SSSR count). The average Bonchev–Trinajstić information content (AvgIpc) is 3.41. The van der Waals surface area contributed by atoms with Crippen molar-refractivity contribution in [1.82, 2.24) is 20.3 Å². The predicted molar refractivity (Wildman–Crippen MR) is 169 cm³/mol. The van der Waals surface area contributed by atoms with Gasteiger partial charge in [-0.2, -0.15) is 13.2 Å². The van der Waals surface area contributed by atoms with Crippen LogP contribution in [0.15, 0.2) is 60.8 Å². The third-order valence-electron chi connectivity index (χ3n) is 7.29. The number of morpholine rings is 1. The molecule has 0 spiro atoms. The first-order valence-electron chi connectivity index (χ1n) is 14.5. The van der Waals surface area contributed by atoms with Gasteiger partial charge in [0.25, 0.3) is 5.91 Å². The number of fused-ring (bicyclic) bond motifs is 1. The van der Waals surface area contributed by atoms with Gasteiger partial charge < -0.3 is 25.4 Å². The lowest BCUT2D eigenvalue weighted by Gasteiger charge is -2.35. The molecule has 10 nitrogen and oxygen atoms in total. The molecule has 4 heterocycles. The van der Waals surface area contributed by atoms with Gasteiger partial charge in [-0.3, -0.25) is 4.79 Å². The molecule has 1 amide bonds. The molecule has 1 saturated heterocycles. The molecule has 0 radical (unpaired) electrons. The van der Waals surface area contributed by atoms with Gasteiger partial charge in [-0.1, -0.05) is 35.6 Å². The molecular formula is C32H33F3N6O4S. The monoisotopic (exact) mass is 654 g/mol. The SMILES string of the molecule is Cc1nccc(-c2cccc(Nc3cccc(CC4COCCN4c4nc5c(s4)C(=O)NC(C)(C)C5)c3)c2)n1.O=C(O)C(F)(F)F. The highest BCUT2D eigenvalue weighted by Gasteiger charge is 2.38. The van der Waals surface area contributed by atoms with Gasteiger partial charge in [0.1, 0.15) is 10.7 Å². The number of carbonyl (C=O) groups excluding carboxylic acids is 1. The van der Waals surface area contributed by atoms with Crippen molar-refractivity contribution < 1.29 is 32.6 Å². The third kappa shape index (κ3) is 8.17. The zero-order valence-corrected chi connectivity index (χ0v) is 26.2. The number of nitrogens with one attached hydrogen (secondary N) is 2. The number of hydrogen-bond acceptors (Lipinski definition) is 9. The Morgan fingerprint density at radius 1 is 1.15 bits per heavy atom. The first-order chi connectivity index (χ1) is 21.8. The smallest absolute Gasteiger partial charge is 0.475 e. The normalized spacial score (nSPS) is 17.3. The van der Waals surface area contributed by atoms with Gasteiger partial charge in [-0.15, -0.1) is 0 Å². The van der Waals surface area contributed by atoms with Crippen LogP contribution in [0.5, 0.6) is 0 Å². The summed E-state index contributed by atoms with van der Waals surface area (Å²) in [5.74, 6) is -2.02. The Bertz CT molecular complexity index is 1730. The molecule has 2 aromatic carbocycles. The molecule has 2 aliphatic rings. The summed E-state index contributed by atoms with van der Waals surface area (Å²) in [4.78, 5) is 38.3. The van der Waals surface area contributed by atoms with Crippen LogP contribution in [0.25, 0.3) is 11.3 Å². The number of thiazole rings is 1. The lowest BCUT2D eigenvalue weighted by Crippen LogP contribution is -2.48. The van der Waals surface area contributed by atoms with E-state index in [9.17, 15) is 18.0 Å². The molecule has 46 heavy (non-hydrogen) atoms. The molecule has 0 aliphatic carbocycles. The number of aromatic nitrogens is 3. The minimum absolute atomic E-state index is 0.0208. The Kier molecular flexibility index (Phi) is 9.58. The van der Waals surface area contributed by atoms with Crippen LogP contribution >= 0.6 is 11.3 Å². The van der Waals surface area contributed by atoms with Gasteiger partial charge >= 0.3 is 12.1 Å². The molecule has 0 bridgehead atoms. The van der Waals surface area contributed by atoms with Crippen molar-refractivity contribution in [1.29, 1.82) is 0 Å². The molecule has 3 N–H and O–H groups in total. The summed E-state index contributed by atoms with van der Waals surface area (Å²) in [6, 6.07) is 18.8. The number of alkyl halides is 3. The number of amides is 1. The number of aryl methyl sites for hydroxylation is 1. The van der Waals surface area contributed by atoms with Crippen LogP contribution in [0.3, 0.4) is 0 Å². The summed E-state index contributed by atoms with van der Waals surface area (Å²) >= 11 is 1.50. The molecule has 14 heteroatoms. The minimum Gasteiger partial charge on any atom is -0.475 e. The number of ether oxygens (including phenoxy) is 1. The number of carboxylic acids is 1. The van der Waals surface area contributed by atoms with E-state index in [1.807, 2.05) is 32.9 Å². The number of benzene rings is 2. The Balaban J connectivity index is 0.000000537. The summed E-state index contributed by atoms with van der Waals surface area (Å²) in [6.45, 7) is 8.02. The number of hydrogen-bond donors (Lipinski definition) is 3. The molecule has 2 aromatic heterocycles. The number of halogens is 3. The summed E-state index contributed by atoms with van der Waals surface area (Å²) < 4.78 is 37.6. The second-order valence-electron chi connectivity index (χ2n) is 11.6. The molecule has 0 saturated carbocycles. The van der Waals surface area contributed by atoms with E-state index in [1.165, 1.54) is 16.9 Å². The maximum atomic E-state index is 12.7. The van der Waals surface area contributed by atoms with E-state index in [0.29, 0.717) is 13.2 Å². The van der Waals surface area contributed by atoms with E-state index in [4.69, 9.17) is 19.6 Å². The van der Waals surface area contributed by atoms with Crippen molar-refractivity contribution in [3.63, 3.8) is 0 Å². The number of aliphatic carboxylic acids is 1. The summed E-state index contributed by atoms with van der Waals surface area (Å²) in [6.07, 6.45) is -1.74. The van der Waals surface area contributed by atoms with Gasteiger partial charge in [0, 0.05) is 41.6 Å². The number of carboxylic acid groups (broad SMARTS) is 1. The van der Waals surface area contributed by atoms with Crippen molar-refractivity contribution in [3.05, 3.63) is 82.8 Å². The first-order valence-corrected chi connectivity index (χ1v) is 15.3. The van der Waals surface area contributed by atoms with Crippen molar-refractivity contribution >= 4 is 39.7 Å². The van der Waals surface area contributed by atoms with Gasteiger partial charge in [-0.05, 0) is 63.1 Å². The van der Waals surface area contributed by atoms with Crippen molar-refractivity contribution in [3.8, 4) is 11.3 Å². The second-order valence-corrected chi connectivity index (χ2v) is 12.6. The zero-order chi connectivity index (χ0) is 33.1. The van der Waals surface area contributed by atoms with E-state index in [0.717, 1.165) is 63.5 Å². The number of rotatable bonds is 6. The van der Waals surface area contributed by atoms with Crippen LogP contribution in [0, 0.1) is 6.92 Å². The molecule has 1 atom stereocenters. The fraction of sp³-hybridized carbons (Fsp3) is 0.344. The Morgan fingerprint density at radius 3 is 2.59 bits per heavy atom. The van der Waals surface area contributed by atoms with E-state index < -0.39 is 12.1 Å². The van der Waals surface area contributed by atoms with Crippen LogP contribution in [-0.2, 0) is 22.4 Å². The molecule has 4 aromatic rings. The highest BCUT2D eigenvalue weighted by atomic mass is 32.1. The largest absolute Gasteiger partial charge is 0.490 e. The summed E-state index contributed by atoms with van der Waals surface area (Å²) in [7, 11) is 0. The number of carbonyl (C=O) groups is 2. The van der Waals surface area contributed by atoms with Crippen molar-refractivity contribution in [2.75, 3.05) is 30.0 Å². The van der Waals surface area contributed by atoms with Gasteiger partial charge in [0.05, 0.1) is 30.6 Å². The van der Waals surface area contributed by atoms with Crippen LogP contribution < -0.4 is 15.5 Å². The number of anilines is 3. The van der Waals surface area contributed by atoms with Crippen LogP contribution in [0.2, 0.25) is 0 Å². The lowest BCUT2D eigenvalue weighted by molar-refractivity contribution is -0.192. The standard InChI is InChI=1S/C30H32N6O2S.C2HF3O2/c1-19-31-11-10-25(32-19)21-7-5-9-23(16-21)33-22-8-4-6-20(14-22)15-24-18-38-13-12-36(24)29-34-26-17-30(2,3)35-28(37)27(26)39-29;3-2(4,5)1(6)7/h4-11,14,16,24,33H,12-13,15,17-18H2,1-3H3,(H,35,37);(H,6,7). The maximum Gasteiger partial charge on any atom is 0.490 e. The van der Waals surface area contributed by atoms with E-state index in [2.05, 4.69) is 68.0 Å². The van der Waals surface area contributed by atoms with E-state index >= 15 is 0 Å². The molecule has 1 unspecified atom stereocenters. The minimum atomic E-state index is -5.08. The predicted octanol–water partition coefficient (Wildman–Crippen LogP) is 5.80. The maximum absolute atomic E-state index is 12.7. The van der Waals surface area contributed by atoms with Crippen LogP contribution in [-0.4, -0.2) is 69.5 Å². The number of nitrogens with zero attached hydrogens (tertiary/aromatic N) is 4. The van der Waals surface area contributed by atoms with E-state index in [1.54, 1.807) is 6.20 Å². The third-order valence-corrected chi connectivity index (χ3v) is 8.42. The molecule has 2 aliphatic heterocycles. The second kappa shape index (κ2) is 13.4. The van der Waals surface area contributed by atoms with Gasteiger partial charge in [-0.25, -0.2) is 19.7 Å². The average molecular weight is 655 g/mol. The van der Waals surface area contributed by atoms with Crippen LogP contribution in [0.1, 0.15) is 40.6 Å². The van der Waals surface area contributed by atoms with Crippen molar-refractivity contribution in [2.45, 2.75) is 51.4 Å². The summed E-state index contributed by atoms with van der Waals surface area (Å²) in [5.41, 5.74) is 5.80. The molecule has 1 fully saturated rings. The molecular weight excluding hydrogens is 621 g/mol. The highest BCUT2D eigenvalue weighted by molar-refractivity contribution is 7.17. The quantitative estimate of drug-likeness (QED) is 0.236. The lowest BCUT2D eigenvalue weighted by atomic mass is 9.94.